The maximum absolute atomic E-state index is 11.9. The van der Waals surface area contributed by atoms with Crippen LogP contribution >= 0.6 is 23.5 Å². The smallest absolute Gasteiger partial charge is 0.333 e. The van der Waals surface area contributed by atoms with Gasteiger partial charge >= 0.3 is 17.9 Å². The molecule has 10 nitrogen and oxygen atoms in total. The number of nitriles is 2. The molecule has 0 fully saturated rings. The van der Waals surface area contributed by atoms with E-state index in [9.17, 15) is 24.9 Å². The van der Waals surface area contributed by atoms with Crippen LogP contribution in [-0.2, 0) is 28.6 Å². The van der Waals surface area contributed by atoms with Crippen molar-refractivity contribution in [1.29, 1.82) is 10.5 Å². The van der Waals surface area contributed by atoms with Crippen molar-refractivity contribution in [3.05, 3.63) is 33.6 Å². The summed E-state index contributed by atoms with van der Waals surface area (Å²) in [5, 5.41) is 18.9. The van der Waals surface area contributed by atoms with Crippen molar-refractivity contribution >= 4 is 41.4 Å². The van der Waals surface area contributed by atoms with Crippen LogP contribution in [0.15, 0.2) is 37.8 Å². The van der Waals surface area contributed by atoms with Gasteiger partial charge in [-0.2, -0.15) is 10.5 Å². The van der Waals surface area contributed by atoms with Crippen LogP contribution in [0.4, 0.5) is 0 Å². The molecule has 1 aromatic rings. The Bertz CT molecular complexity index is 1330. The maximum Gasteiger partial charge on any atom is 0.333 e. The van der Waals surface area contributed by atoms with E-state index in [2.05, 4.69) is 6.58 Å². The van der Waals surface area contributed by atoms with Crippen molar-refractivity contribution in [2.75, 3.05) is 33.0 Å². The Hall–Kier alpha value is -3.61. The van der Waals surface area contributed by atoms with Crippen LogP contribution in [0, 0.1) is 29.6 Å². The lowest BCUT2D eigenvalue weighted by atomic mass is 10.1. The largest absolute Gasteiger partial charge is 0.492 e. The average Bonchev–Trinajstić information content (AvgIpc) is 3.48. The molecule has 0 radical (unpaired) electrons. The highest BCUT2D eigenvalue weighted by molar-refractivity contribution is 8.24. The number of allylic oxidation sites excluding steroid dienone is 1. The summed E-state index contributed by atoms with van der Waals surface area (Å²) in [7, 11) is 0. The van der Waals surface area contributed by atoms with E-state index in [-0.39, 0.29) is 30.7 Å². The van der Waals surface area contributed by atoms with Crippen molar-refractivity contribution in [2.24, 2.45) is 0 Å². The number of ether oxygens (including phenoxy) is 5. The van der Waals surface area contributed by atoms with Gasteiger partial charge < -0.3 is 23.7 Å². The van der Waals surface area contributed by atoms with Crippen molar-refractivity contribution in [1.82, 2.24) is 0 Å². The van der Waals surface area contributed by atoms with Crippen molar-refractivity contribution in [2.45, 2.75) is 108 Å². The number of hydrogen-bond acceptors (Lipinski definition) is 12. The van der Waals surface area contributed by atoms with E-state index in [1.54, 1.807) is 6.92 Å². The molecule has 0 amide bonds. The topological polar surface area (TPSA) is 145 Å². The highest BCUT2D eigenvalue weighted by Gasteiger charge is 2.30. The van der Waals surface area contributed by atoms with Gasteiger partial charge in [-0.3, -0.25) is 9.59 Å². The Labute approximate surface area is 287 Å². The lowest BCUT2D eigenvalue weighted by molar-refractivity contribution is -0.150. The lowest BCUT2D eigenvalue weighted by Crippen LogP contribution is -2.14. The average molecular weight is 687 g/mol. The van der Waals surface area contributed by atoms with Gasteiger partial charge in [0, 0.05) is 18.4 Å². The molecule has 1 aromatic carbocycles. The van der Waals surface area contributed by atoms with Gasteiger partial charge in [0.25, 0.3) is 0 Å². The third-order valence-electron chi connectivity index (χ3n) is 6.95. The number of unbranched alkanes of at least 4 members (excludes halogenated alkanes) is 8. The Morgan fingerprint density at radius 3 is 1.87 bits per heavy atom. The fourth-order valence-electron chi connectivity index (χ4n) is 4.50. The molecule has 0 N–H and O–H groups in total. The number of carbonyl (C=O) groups excluding carboxylic acids is 3. The Morgan fingerprint density at radius 2 is 1.28 bits per heavy atom. The molecule has 2 rings (SSSR count). The third-order valence-corrected chi connectivity index (χ3v) is 9.56. The Kier molecular flexibility index (Phi) is 19.2. The fourth-order valence-corrected chi connectivity index (χ4v) is 7.08. The molecule has 0 atom stereocenters. The van der Waals surface area contributed by atoms with Crippen LogP contribution in [0.2, 0.25) is 0 Å². The van der Waals surface area contributed by atoms with Gasteiger partial charge in [0.1, 0.15) is 42.4 Å². The highest BCUT2D eigenvalue weighted by atomic mass is 32.2. The van der Waals surface area contributed by atoms with Crippen molar-refractivity contribution in [3.63, 3.8) is 0 Å². The summed E-state index contributed by atoms with van der Waals surface area (Å²) in [6.45, 7) is 10.4. The standard InChI is InChI=1S/C35H46N2O8S2/c1-5-41-29(38)16-12-8-6-10-14-18-42-28-22-26(4)31(33-32(28)46-35(47-33)27(23-36)24-37)44-19-15-11-7-9-13-17-30(39)43-20-21-45-34(40)25(2)3/h22H,2,5-21H2,1,3-4H3. The number of nitrogens with zero attached hydrogens (tertiary/aromatic N) is 2. The molecule has 0 spiro atoms. The molecular formula is C35H46N2O8S2. The zero-order chi connectivity index (χ0) is 34.4. The molecule has 0 unspecified atom stereocenters. The highest BCUT2D eigenvalue weighted by Crippen LogP contribution is 2.59. The van der Waals surface area contributed by atoms with E-state index in [1.165, 1.54) is 23.5 Å². The summed E-state index contributed by atoms with van der Waals surface area (Å²) < 4.78 is 28.0. The molecule has 0 saturated heterocycles. The molecule has 1 aliphatic rings. The number of carbonyl (C=O) groups is 3. The van der Waals surface area contributed by atoms with Gasteiger partial charge in [0.05, 0.1) is 33.8 Å². The SMILES string of the molecule is C=C(C)C(=O)OCCOC(=O)CCCCCCCOc1c(C)cc(OCCCCCCCC(=O)OCC)c2c1SC(=C(C#N)C#N)S2. The van der Waals surface area contributed by atoms with Gasteiger partial charge in [0.2, 0.25) is 0 Å². The van der Waals surface area contributed by atoms with Gasteiger partial charge in [-0.05, 0) is 58.1 Å². The minimum Gasteiger partial charge on any atom is -0.492 e. The predicted molar refractivity (Wildman–Crippen MR) is 181 cm³/mol. The summed E-state index contributed by atoms with van der Waals surface area (Å²) in [4.78, 5) is 36.4. The van der Waals surface area contributed by atoms with Crippen LogP contribution in [0.1, 0.15) is 96.5 Å². The molecule has 1 aliphatic heterocycles. The zero-order valence-electron chi connectivity index (χ0n) is 27.8. The number of thioether (sulfide) groups is 2. The minimum atomic E-state index is -0.499. The quantitative estimate of drug-likeness (QED) is 0.0360. The van der Waals surface area contributed by atoms with Crippen molar-refractivity contribution < 1.29 is 38.1 Å². The van der Waals surface area contributed by atoms with E-state index in [4.69, 9.17) is 23.7 Å². The molecule has 256 valence electrons. The van der Waals surface area contributed by atoms with Crippen LogP contribution in [-0.4, -0.2) is 50.9 Å². The van der Waals surface area contributed by atoms with Gasteiger partial charge in [-0.15, -0.1) is 0 Å². The summed E-state index contributed by atoms with van der Waals surface area (Å²) in [5.74, 6) is 0.522. The second-order valence-corrected chi connectivity index (χ2v) is 13.2. The van der Waals surface area contributed by atoms with Crippen LogP contribution in [0.3, 0.4) is 0 Å². The summed E-state index contributed by atoms with van der Waals surface area (Å²) in [6, 6.07) is 5.95. The van der Waals surface area contributed by atoms with E-state index in [0.29, 0.717) is 42.5 Å². The van der Waals surface area contributed by atoms with E-state index in [1.807, 2.05) is 32.1 Å². The minimum absolute atomic E-state index is 0.0182. The number of aryl methyl sites for hydroxylation is 1. The second kappa shape index (κ2) is 22.8. The molecule has 12 heteroatoms. The van der Waals surface area contributed by atoms with E-state index in [0.717, 1.165) is 91.1 Å². The van der Waals surface area contributed by atoms with Crippen LogP contribution in [0.25, 0.3) is 0 Å². The monoisotopic (exact) mass is 686 g/mol. The fraction of sp³-hybridized carbons (Fsp3) is 0.571. The first-order chi connectivity index (χ1) is 22.7. The Balaban J connectivity index is 1.78. The zero-order valence-corrected chi connectivity index (χ0v) is 29.4. The van der Waals surface area contributed by atoms with E-state index >= 15 is 0 Å². The first-order valence-corrected chi connectivity index (χ1v) is 17.8. The number of esters is 3. The molecule has 0 saturated carbocycles. The van der Waals surface area contributed by atoms with Crippen molar-refractivity contribution in [3.8, 4) is 23.6 Å². The number of benzene rings is 1. The van der Waals surface area contributed by atoms with Gasteiger partial charge in [-0.1, -0.05) is 68.6 Å². The first-order valence-electron chi connectivity index (χ1n) is 16.2. The van der Waals surface area contributed by atoms with Crippen LogP contribution in [0.5, 0.6) is 11.5 Å². The summed E-state index contributed by atoms with van der Waals surface area (Å²) in [5.41, 5.74) is 1.30. The molecule has 47 heavy (non-hydrogen) atoms. The van der Waals surface area contributed by atoms with E-state index < -0.39 is 5.97 Å². The molecule has 1 heterocycles. The molecule has 0 aromatic heterocycles. The summed E-state index contributed by atoms with van der Waals surface area (Å²) in [6.07, 6.45) is 9.80. The van der Waals surface area contributed by atoms with Crippen LogP contribution < -0.4 is 9.47 Å². The maximum atomic E-state index is 11.9. The van der Waals surface area contributed by atoms with Gasteiger partial charge in [-0.25, -0.2) is 4.79 Å². The molecule has 0 bridgehead atoms. The van der Waals surface area contributed by atoms with Gasteiger partial charge in [0.15, 0.2) is 0 Å². The molecular weight excluding hydrogens is 641 g/mol. The third kappa shape index (κ3) is 14.8. The molecule has 0 aliphatic carbocycles. The Morgan fingerprint density at radius 1 is 0.745 bits per heavy atom. The summed E-state index contributed by atoms with van der Waals surface area (Å²) >= 11 is 2.75. The number of rotatable bonds is 23. The second-order valence-electron chi connectivity index (χ2n) is 10.9. The normalized spacial score (nSPS) is 11.6. The predicted octanol–water partition coefficient (Wildman–Crippen LogP) is 8.12. The first kappa shape index (κ1) is 39.6. The number of hydrogen-bond donors (Lipinski definition) is 0. The number of fused-ring (bicyclic) bond motifs is 1. The lowest BCUT2D eigenvalue weighted by Gasteiger charge is -2.16.